The van der Waals surface area contributed by atoms with Crippen LogP contribution >= 0.6 is 0 Å². The molecule has 4 bridgehead atoms. The fourth-order valence-electron chi connectivity index (χ4n) is 7.04. The first-order valence-corrected chi connectivity index (χ1v) is 11.4. The molecule has 0 aromatic carbocycles. The van der Waals surface area contributed by atoms with Crippen molar-refractivity contribution in [2.24, 2.45) is 5.92 Å². The van der Waals surface area contributed by atoms with Crippen molar-refractivity contribution in [2.45, 2.75) is 134 Å². The first-order valence-electron chi connectivity index (χ1n) is 11.4. The summed E-state index contributed by atoms with van der Waals surface area (Å²) in [7, 11) is 0. The molecule has 144 valence electrons. The van der Waals surface area contributed by atoms with Gasteiger partial charge in [-0.2, -0.15) is 0 Å². The first-order chi connectivity index (χ1) is 11.9. The van der Waals surface area contributed by atoms with Gasteiger partial charge in [0.2, 0.25) is 0 Å². The lowest BCUT2D eigenvalue weighted by molar-refractivity contribution is 0.00386. The van der Waals surface area contributed by atoms with Crippen molar-refractivity contribution in [1.82, 2.24) is 9.80 Å². The van der Waals surface area contributed by atoms with Crippen molar-refractivity contribution in [2.75, 3.05) is 6.54 Å². The van der Waals surface area contributed by atoms with Gasteiger partial charge < -0.3 is 0 Å². The Kier molecular flexibility index (Phi) is 4.99. The third-order valence-corrected chi connectivity index (χ3v) is 8.55. The normalized spacial score (nSPS) is 37.4. The Labute approximate surface area is 156 Å². The molecule has 4 heterocycles. The summed E-state index contributed by atoms with van der Waals surface area (Å²) in [4.78, 5) is 5.89. The third kappa shape index (κ3) is 3.55. The lowest BCUT2D eigenvalue weighted by Crippen LogP contribution is -2.55. The van der Waals surface area contributed by atoms with E-state index in [9.17, 15) is 0 Å². The van der Waals surface area contributed by atoms with Gasteiger partial charge >= 0.3 is 0 Å². The summed E-state index contributed by atoms with van der Waals surface area (Å²) in [5.74, 6) is 1.04. The molecule has 4 aliphatic heterocycles. The largest absolute Gasteiger partial charge is 0.295 e. The molecule has 5 rings (SSSR count). The topological polar surface area (TPSA) is 6.48 Å². The van der Waals surface area contributed by atoms with Crippen LogP contribution < -0.4 is 0 Å². The molecule has 0 amide bonds. The van der Waals surface area contributed by atoms with Gasteiger partial charge in [0.1, 0.15) is 0 Å². The van der Waals surface area contributed by atoms with E-state index in [1.165, 1.54) is 83.6 Å². The second kappa shape index (κ2) is 6.82. The molecule has 0 spiro atoms. The fourth-order valence-corrected chi connectivity index (χ4v) is 7.04. The number of fused-ring (bicyclic) bond motifs is 6. The zero-order valence-electron chi connectivity index (χ0n) is 17.4. The molecule has 2 heteroatoms. The zero-order valence-corrected chi connectivity index (χ0v) is 17.4. The van der Waals surface area contributed by atoms with Gasteiger partial charge in [-0.15, -0.1) is 0 Å². The Morgan fingerprint density at radius 1 is 0.640 bits per heavy atom. The maximum absolute atomic E-state index is 2.96. The molecular weight excluding hydrogens is 304 g/mol. The standard InChI is InChI=1S/C23H42N2/c1-22(2,24-17-14-18-8-10-19(24)11-9-18)15-16-23(3,4)25-20-6-5-7-21(25)13-12-20/h18-21H,5-17H2,1-4H3. The van der Waals surface area contributed by atoms with Crippen LogP contribution in [0.5, 0.6) is 0 Å². The van der Waals surface area contributed by atoms with E-state index in [1.807, 2.05) is 0 Å². The minimum atomic E-state index is 0.371. The van der Waals surface area contributed by atoms with Gasteiger partial charge in [-0.1, -0.05) is 6.42 Å². The molecule has 0 aromatic heterocycles. The van der Waals surface area contributed by atoms with E-state index >= 15 is 0 Å². The Balaban J connectivity index is 1.40. The summed E-state index contributed by atoms with van der Waals surface area (Å²) in [6.45, 7) is 11.6. The molecule has 25 heavy (non-hydrogen) atoms. The second-order valence-corrected chi connectivity index (χ2v) is 11.0. The summed E-state index contributed by atoms with van der Waals surface area (Å²) < 4.78 is 0. The van der Waals surface area contributed by atoms with Crippen molar-refractivity contribution in [1.29, 1.82) is 0 Å². The van der Waals surface area contributed by atoms with Crippen molar-refractivity contribution < 1.29 is 0 Å². The van der Waals surface area contributed by atoms with Crippen molar-refractivity contribution in [3.8, 4) is 0 Å². The monoisotopic (exact) mass is 346 g/mol. The summed E-state index contributed by atoms with van der Waals surface area (Å²) in [6.07, 6.45) is 17.4. The summed E-state index contributed by atoms with van der Waals surface area (Å²) in [6, 6.07) is 2.67. The van der Waals surface area contributed by atoms with Crippen LogP contribution in [0, 0.1) is 5.92 Å². The molecular formula is C23H42N2. The average molecular weight is 347 g/mol. The number of rotatable bonds is 5. The molecule has 1 saturated carbocycles. The van der Waals surface area contributed by atoms with Crippen LogP contribution in [0.3, 0.4) is 0 Å². The third-order valence-electron chi connectivity index (χ3n) is 8.55. The predicted octanol–water partition coefficient (Wildman–Crippen LogP) is 5.61. The van der Waals surface area contributed by atoms with Crippen molar-refractivity contribution in [3.05, 3.63) is 0 Å². The number of nitrogens with zero attached hydrogens (tertiary/aromatic N) is 2. The van der Waals surface area contributed by atoms with Gasteiger partial charge in [-0.05, 0) is 111 Å². The maximum Gasteiger partial charge on any atom is 0.0159 e. The molecule has 0 aromatic rings. The molecule has 2 unspecified atom stereocenters. The highest BCUT2D eigenvalue weighted by atomic mass is 15.3. The maximum atomic E-state index is 2.96. The van der Waals surface area contributed by atoms with Crippen LogP contribution in [-0.4, -0.2) is 45.5 Å². The van der Waals surface area contributed by atoms with Crippen LogP contribution in [-0.2, 0) is 0 Å². The lowest BCUT2D eigenvalue weighted by atomic mass is 9.82. The van der Waals surface area contributed by atoms with E-state index in [1.54, 1.807) is 0 Å². The average Bonchev–Trinajstić information content (AvgIpc) is 2.80. The number of hydrogen-bond acceptors (Lipinski definition) is 2. The minimum absolute atomic E-state index is 0.371. The van der Waals surface area contributed by atoms with Gasteiger partial charge in [0.05, 0.1) is 0 Å². The van der Waals surface area contributed by atoms with Crippen LogP contribution in [0.15, 0.2) is 0 Å². The Bertz CT molecular complexity index is 445. The van der Waals surface area contributed by atoms with E-state index in [0.717, 1.165) is 24.0 Å². The SMILES string of the molecule is CC(C)(CCC(C)(C)N1C2CCCC1CC2)N1CCC2CCC1CC2. The molecule has 0 N–H and O–H groups in total. The quantitative estimate of drug-likeness (QED) is 0.639. The van der Waals surface area contributed by atoms with E-state index < -0.39 is 0 Å². The molecule has 5 aliphatic rings. The minimum Gasteiger partial charge on any atom is -0.295 e. The van der Waals surface area contributed by atoms with Gasteiger partial charge in [0, 0.05) is 29.2 Å². The van der Waals surface area contributed by atoms with Crippen LogP contribution in [0.25, 0.3) is 0 Å². The summed E-state index contributed by atoms with van der Waals surface area (Å²) in [5.41, 5.74) is 0.754. The van der Waals surface area contributed by atoms with E-state index in [2.05, 4.69) is 37.5 Å². The predicted molar refractivity (Wildman–Crippen MR) is 107 cm³/mol. The van der Waals surface area contributed by atoms with Gasteiger partial charge in [-0.3, -0.25) is 9.80 Å². The highest BCUT2D eigenvalue weighted by molar-refractivity contribution is 5.01. The smallest absolute Gasteiger partial charge is 0.0159 e. The van der Waals surface area contributed by atoms with Crippen molar-refractivity contribution >= 4 is 0 Å². The molecule has 4 saturated heterocycles. The Hall–Kier alpha value is -0.0800. The first kappa shape index (κ1) is 18.3. The van der Waals surface area contributed by atoms with E-state index in [4.69, 9.17) is 0 Å². The van der Waals surface area contributed by atoms with Crippen molar-refractivity contribution in [3.63, 3.8) is 0 Å². The highest BCUT2D eigenvalue weighted by Gasteiger charge is 2.45. The van der Waals surface area contributed by atoms with Gasteiger partial charge in [0.25, 0.3) is 0 Å². The fraction of sp³-hybridized carbons (Fsp3) is 1.00. The summed E-state index contributed by atoms with van der Waals surface area (Å²) in [5, 5.41) is 0. The van der Waals surface area contributed by atoms with Gasteiger partial charge in [-0.25, -0.2) is 0 Å². The van der Waals surface area contributed by atoms with E-state index in [-0.39, 0.29) is 0 Å². The van der Waals surface area contributed by atoms with Crippen LogP contribution in [0.1, 0.15) is 105 Å². The number of piperidine rings is 1. The summed E-state index contributed by atoms with van der Waals surface area (Å²) >= 11 is 0. The molecule has 1 aliphatic carbocycles. The molecule has 0 radical (unpaired) electrons. The lowest BCUT2D eigenvalue weighted by Gasteiger charge is -2.49. The molecule has 5 fully saturated rings. The Morgan fingerprint density at radius 3 is 1.84 bits per heavy atom. The number of hydrogen-bond donors (Lipinski definition) is 0. The van der Waals surface area contributed by atoms with Crippen LogP contribution in [0.4, 0.5) is 0 Å². The van der Waals surface area contributed by atoms with E-state index in [0.29, 0.717) is 11.1 Å². The molecule has 2 nitrogen and oxygen atoms in total. The van der Waals surface area contributed by atoms with Gasteiger partial charge in [0.15, 0.2) is 0 Å². The van der Waals surface area contributed by atoms with Crippen LogP contribution in [0.2, 0.25) is 0 Å². The second-order valence-electron chi connectivity index (χ2n) is 11.0. The Morgan fingerprint density at radius 2 is 1.20 bits per heavy atom. The zero-order chi connectivity index (χ0) is 17.7. The highest BCUT2D eigenvalue weighted by Crippen LogP contribution is 2.44. The molecule has 2 atom stereocenters.